The molecule has 0 N–H and O–H groups in total. The number of rotatable bonds is 3. The number of carbonyl (C=O) groups excluding carboxylic acids is 1. The molecule has 3 aromatic rings. The first kappa shape index (κ1) is 22.3. The summed E-state index contributed by atoms with van der Waals surface area (Å²) in [7, 11) is 0. The van der Waals surface area contributed by atoms with Gasteiger partial charge in [0.1, 0.15) is 17.4 Å². The van der Waals surface area contributed by atoms with E-state index in [0.29, 0.717) is 18.1 Å². The van der Waals surface area contributed by atoms with Crippen molar-refractivity contribution in [2.75, 3.05) is 13.4 Å². The third kappa shape index (κ3) is 4.09. The number of benzene rings is 2. The molecule has 2 aliphatic rings. The molecule has 1 saturated heterocycles. The second-order valence-electron chi connectivity index (χ2n) is 9.89. The first-order valence-corrected chi connectivity index (χ1v) is 11.3. The van der Waals surface area contributed by atoms with Gasteiger partial charge < -0.3 is 18.9 Å². The highest BCUT2D eigenvalue weighted by Gasteiger charge is 2.47. The van der Waals surface area contributed by atoms with Gasteiger partial charge in [0.15, 0.2) is 11.5 Å². The molecule has 2 aliphatic heterocycles. The second kappa shape index (κ2) is 8.06. The zero-order valence-corrected chi connectivity index (χ0v) is 20.1. The lowest BCUT2D eigenvalue weighted by Gasteiger charge is -2.34. The van der Waals surface area contributed by atoms with Gasteiger partial charge in [0, 0.05) is 5.56 Å². The van der Waals surface area contributed by atoms with Crippen molar-refractivity contribution in [3.05, 3.63) is 60.3 Å². The molecule has 3 heterocycles. The Kier molecular flexibility index (Phi) is 5.28. The summed E-state index contributed by atoms with van der Waals surface area (Å²) in [5, 5.41) is 4.94. The number of para-hydroxylation sites is 1. The molecule has 0 saturated carbocycles. The highest BCUT2D eigenvalue weighted by Crippen LogP contribution is 2.41. The van der Waals surface area contributed by atoms with Crippen molar-refractivity contribution in [1.29, 1.82) is 0 Å². The van der Waals surface area contributed by atoms with Gasteiger partial charge >= 0.3 is 6.09 Å². The molecule has 0 spiro atoms. The summed E-state index contributed by atoms with van der Waals surface area (Å²) in [5.41, 5.74) is 1.96. The fraction of sp³-hybridized carbons (Fsp3) is 0.385. The Balaban J connectivity index is 1.59. The van der Waals surface area contributed by atoms with Crippen molar-refractivity contribution in [3.63, 3.8) is 0 Å². The maximum atomic E-state index is 13.2. The largest absolute Gasteiger partial charge is 0.454 e. The molecule has 1 fully saturated rings. The number of aromatic nitrogens is 2. The van der Waals surface area contributed by atoms with Crippen LogP contribution in [-0.2, 0) is 9.47 Å². The zero-order chi connectivity index (χ0) is 24.1. The summed E-state index contributed by atoms with van der Waals surface area (Å²) in [4.78, 5) is 14.8. The van der Waals surface area contributed by atoms with E-state index in [1.54, 1.807) is 4.90 Å². The van der Waals surface area contributed by atoms with Crippen molar-refractivity contribution in [3.8, 4) is 28.4 Å². The molecule has 34 heavy (non-hydrogen) atoms. The smallest absolute Gasteiger partial charge is 0.413 e. The fourth-order valence-corrected chi connectivity index (χ4v) is 4.27. The number of ether oxygens (including phenoxy) is 4. The summed E-state index contributed by atoms with van der Waals surface area (Å²) in [6.45, 7) is 9.82. The summed E-state index contributed by atoms with van der Waals surface area (Å²) >= 11 is 0. The van der Waals surface area contributed by atoms with Crippen molar-refractivity contribution in [2.24, 2.45) is 0 Å². The monoisotopic (exact) mass is 463 g/mol. The van der Waals surface area contributed by atoms with E-state index in [9.17, 15) is 4.79 Å². The van der Waals surface area contributed by atoms with E-state index in [0.717, 1.165) is 22.7 Å². The first-order chi connectivity index (χ1) is 16.1. The average Bonchev–Trinajstić information content (AvgIpc) is 3.48. The van der Waals surface area contributed by atoms with E-state index < -0.39 is 23.5 Å². The van der Waals surface area contributed by atoms with E-state index in [1.807, 2.05) is 93.9 Å². The number of amides is 1. The van der Waals surface area contributed by atoms with Gasteiger partial charge in [0.25, 0.3) is 0 Å². The molecule has 1 amide bonds. The lowest BCUT2D eigenvalue weighted by atomic mass is 10.1. The van der Waals surface area contributed by atoms with Gasteiger partial charge in [0.05, 0.1) is 23.7 Å². The van der Waals surface area contributed by atoms with E-state index in [2.05, 4.69) is 0 Å². The summed E-state index contributed by atoms with van der Waals surface area (Å²) in [6.07, 6.45) is -0.432. The van der Waals surface area contributed by atoms with Crippen LogP contribution in [-0.4, -0.2) is 45.5 Å². The van der Waals surface area contributed by atoms with Crippen LogP contribution >= 0.6 is 0 Å². The van der Waals surface area contributed by atoms with Crippen LogP contribution in [0.4, 0.5) is 4.79 Å². The highest BCUT2D eigenvalue weighted by molar-refractivity contribution is 5.71. The Labute approximate surface area is 199 Å². The summed E-state index contributed by atoms with van der Waals surface area (Å²) in [5.74, 6) is 1.41. The van der Waals surface area contributed by atoms with Crippen LogP contribution in [0.3, 0.4) is 0 Å². The van der Waals surface area contributed by atoms with Gasteiger partial charge in [-0.05, 0) is 71.0 Å². The molecular formula is C26H29N3O5. The molecule has 8 heteroatoms. The van der Waals surface area contributed by atoms with Crippen LogP contribution in [0.5, 0.6) is 11.5 Å². The molecule has 0 radical (unpaired) electrons. The first-order valence-electron chi connectivity index (χ1n) is 11.3. The number of hydrogen-bond acceptors (Lipinski definition) is 6. The minimum atomic E-state index is -0.831. The van der Waals surface area contributed by atoms with Gasteiger partial charge in [-0.15, -0.1) is 0 Å². The minimum Gasteiger partial charge on any atom is -0.454 e. The molecule has 8 nitrogen and oxygen atoms in total. The normalized spacial score (nSPS) is 18.9. The molecule has 0 aliphatic carbocycles. The van der Waals surface area contributed by atoms with Crippen LogP contribution in [0.2, 0.25) is 0 Å². The number of carbonyl (C=O) groups is 1. The van der Waals surface area contributed by atoms with Gasteiger partial charge in [-0.2, -0.15) is 5.10 Å². The molecular weight excluding hydrogens is 434 g/mol. The lowest BCUT2D eigenvalue weighted by molar-refractivity contribution is -0.0627. The van der Waals surface area contributed by atoms with E-state index in [1.165, 1.54) is 0 Å². The third-order valence-corrected chi connectivity index (χ3v) is 5.82. The molecule has 5 rings (SSSR count). The van der Waals surface area contributed by atoms with Crippen LogP contribution in [0.1, 0.15) is 46.4 Å². The van der Waals surface area contributed by atoms with Crippen LogP contribution in [0, 0.1) is 0 Å². The lowest BCUT2D eigenvalue weighted by Crippen LogP contribution is -2.47. The maximum Gasteiger partial charge on any atom is 0.413 e. The minimum absolute atomic E-state index is 0.210. The SMILES string of the molecule is CC(C)(C)OC(=O)N1C(c2cc(-c3ccc4c(c3)OCO4)n(-c3ccccc3)n2)COC1(C)C. The number of fused-ring (bicyclic) bond motifs is 1. The molecule has 1 aromatic heterocycles. The van der Waals surface area contributed by atoms with E-state index in [4.69, 9.17) is 24.0 Å². The van der Waals surface area contributed by atoms with E-state index in [-0.39, 0.29) is 6.79 Å². The van der Waals surface area contributed by atoms with Crippen molar-refractivity contribution in [2.45, 2.75) is 52.0 Å². The Morgan fingerprint density at radius 1 is 1.06 bits per heavy atom. The second-order valence-corrected chi connectivity index (χ2v) is 9.89. The molecule has 1 unspecified atom stereocenters. The van der Waals surface area contributed by atoms with Gasteiger partial charge in [-0.1, -0.05) is 18.2 Å². The van der Waals surface area contributed by atoms with Gasteiger partial charge in [0.2, 0.25) is 6.79 Å². The average molecular weight is 464 g/mol. The summed E-state index contributed by atoms with van der Waals surface area (Å²) in [6, 6.07) is 17.3. The number of nitrogens with zero attached hydrogens (tertiary/aromatic N) is 3. The predicted molar refractivity (Wildman–Crippen MR) is 126 cm³/mol. The zero-order valence-electron chi connectivity index (χ0n) is 20.1. The molecule has 1 atom stereocenters. The van der Waals surface area contributed by atoms with Crippen LogP contribution in [0.15, 0.2) is 54.6 Å². The van der Waals surface area contributed by atoms with Crippen molar-refractivity contribution < 1.29 is 23.7 Å². The fourth-order valence-electron chi connectivity index (χ4n) is 4.27. The van der Waals surface area contributed by atoms with Crippen molar-refractivity contribution in [1.82, 2.24) is 14.7 Å². The topological polar surface area (TPSA) is 75.0 Å². The predicted octanol–water partition coefficient (Wildman–Crippen LogP) is 5.31. The molecule has 178 valence electrons. The third-order valence-electron chi connectivity index (χ3n) is 5.82. The number of hydrogen-bond donors (Lipinski definition) is 0. The van der Waals surface area contributed by atoms with Gasteiger partial charge in [-0.25, -0.2) is 9.48 Å². The Morgan fingerprint density at radius 3 is 2.53 bits per heavy atom. The van der Waals surface area contributed by atoms with Crippen molar-refractivity contribution >= 4 is 6.09 Å². The Bertz CT molecular complexity index is 1210. The van der Waals surface area contributed by atoms with Gasteiger partial charge in [-0.3, -0.25) is 4.90 Å². The standard InChI is InChI=1S/C26H29N3O5/c1-25(2,3)34-24(30)28-21(15-33-26(28,4)5)19-14-20(29(27-19)18-9-7-6-8-10-18)17-11-12-22-23(13-17)32-16-31-22/h6-14,21H,15-16H2,1-5H3. The van der Waals surface area contributed by atoms with E-state index >= 15 is 0 Å². The Hall–Kier alpha value is -3.52. The summed E-state index contributed by atoms with van der Waals surface area (Å²) < 4.78 is 24.7. The molecule has 2 aromatic carbocycles. The highest BCUT2D eigenvalue weighted by atomic mass is 16.7. The quantitative estimate of drug-likeness (QED) is 0.524. The maximum absolute atomic E-state index is 13.2. The van der Waals surface area contributed by atoms with Crippen LogP contribution in [0.25, 0.3) is 16.9 Å². The molecule has 0 bridgehead atoms. The Morgan fingerprint density at radius 2 is 1.79 bits per heavy atom. The van der Waals surface area contributed by atoms with Crippen LogP contribution < -0.4 is 9.47 Å².